The molecule has 1 rings (SSSR count). The molecule has 0 amide bonds. The van der Waals surface area contributed by atoms with Gasteiger partial charge in [-0.2, -0.15) is 0 Å². The molecule has 0 bridgehead atoms. The highest BCUT2D eigenvalue weighted by molar-refractivity contribution is 5.20. The number of rotatable bonds is 11. The fourth-order valence-electron chi connectivity index (χ4n) is 2.08. The van der Waals surface area contributed by atoms with Crippen LogP contribution in [-0.2, 0) is 4.74 Å². The Labute approximate surface area is 146 Å². The minimum Gasteiger partial charge on any atom is -0.465 e. The third-order valence-electron chi connectivity index (χ3n) is 3.40. The lowest BCUT2D eigenvalue weighted by Crippen LogP contribution is -2.31. The van der Waals surface area contributed by atoms with Crippen molar-refractivity contribution in [3.05, 3.63) is 30.3 Å². The van der Waals surface area contributed by atoms with E-state index in [9.17, 15) is 5.11 Å². The Balaban J connectivity index is 0.000000463. The molecule has 0 fully saturated rings. The van der Waals surface area contributed by atoms with Crippen LogP contribution in [0.4, 0.5) is 0 Å². The number of aliphatic hydroxyl groups excluding tert-OH is 3. The fraction of sp³-hybridized carbons (Fsp3) is 0.684. The van der Waals surface area contributed by atoms with Crippen molar-refractivity contribution in [1.82, 2.24) is 0 Å². The fourth-order valence-corrected chi connectivity index (χ4v) is 2.08. The van der Waals surface area contributed by atoms with Gasteiger partial charge in [-0.05, 0) is 31.9 Å². The topological polar surface area (TPSA) is 79.2 Å². The van der Waals surface area contributed by atoms with Gasteiger partial charge < -0.3 is 24.8 Å². The third kappa shape index (κ3) is 12.3. The molecular weight excluding hydrogens is 308 g/mol. The van der Waals surface area contributed by atoms with Crippen LogP contribution < -0.4 is 4.74 Å². The molecule has 3 atom stereocenters. The van der Waals surface area contributed by atoms with Crippen molar-refractivity contribution in [3.8, 4) is 5.75 Å². The number of ether oxygens (including phenoxy) is 2. The van der Waals surface area contributed by atoms with E-state index in [4.69, 9.17) is 19.7 Å². The van der Waals surface area contributed by atoms with Gasteiger partial charge in [0, 0.05) is 6.61 Å². The smallest absolute Gasteiger partial charge is 0.194 e. The number of benzene rings is 1. The van der Waals surface area contributed by atoms with E-state index in [1.165, 1.54) is 19.3 Å². The Bertz CT molecular complexity index is 369. The van der Waals surface area contributed by atoms with Gasteiger partial charge in [0.05, 0.1) is 12.7 Å². The van der Waals surface area contributed by atoms with Crippen molar-refractivity contribution in [1.29, 1.82) is 0 Å². The summed E-state index contributed by atoms with van der Waals surface area (Å²) in [5.74, 6) is 0.692. The van der Waals surface area contributed by atoms with Gasteiger partial charge in [-0.25, -0.2) is 0 Å². The Morgan fingerprint density at radius 2 is 1.67 bits per heavy atom. The maximum Gasteiger partial charge on any atom is 0.194 e. The lowest BCUT2D eigenvalue weighted by molar-refractivity contribution is -0.0598. The highest BCUT2D eigenvalue weighted by Gasteiger charge is 2.16. The summed E-state index contributed by atoms with van der Waals surface area (Å²) in [6, 6.07) is 9.21. The van der Waals surface area contributed by atoms with Gasteiger partial charge in [-0.3, -0.25) is 0 Å². The molecule has 140 valence electrons. The zero-order valence-electron chi connectivity index (χ0n) is 15.2. The Hall–Kier alpha value is -1.14. The van der Waals surface area contributed by atoms with Crippen molar-refractivity contribution < 1.29 is 24.8 Å². The van der Waals surface area contributed by atoms with Crippen molar-refractivity contribution in [3.63, 3.8) is 0 Å². The normalized spacial score (nSPS) is 14.2. The van der Waals surface area contributed by atoms with Gasteiger partial charge >= 0.3 is 0 Å². The first-order chi connectivity index (χ1) is 11.5. The first-order valence-electron chi connectivity index (χ1n) is 8.85. The van der Waals surface area contributed by atoms with Crippen LogP contribution in [0.3, 0.4) is 0 Å². The Morgan fingerprint density at radius 1 is 1.00 bits per heavy atom. The second kappa shape index (κ2) is 15.4. The van der Waals surface area contributed by atoms with Gasteiger partial charge in [-0.1, -0.05) is 51.3 Å². The van der Waals surface area contributed by atoms with Crippen molar-refractivity contribution in [2.24, 2.45) is 0 Å². The third-order valence-corrected chi connectivity index (χ3v) is 3.40. The monoisotopic (exact) mass is 342 g/mol. The zero-order valence-corrected chi connectivity index (χ0v) is 15.2. The number of unbranched alkanes of at least 4 members (excludes halogenated alkanes) is 3. The summed E-state index contributed by atoms with van der Waals surface area (Å²) in [4.78, 5) is 0. The minimum atomic E-state index is -0.734. The molecule has 3 unspecified atom stereocenters. The molecule has 0 spiro atoms. The number of para-hydroxylation sites is 1. The van der Waals surface area contributed by atoms with E-state index in [1.54, 1.807) is 19.1 Å². The number of hydrogen-bond acceptors (Lipinski definition) is 5. The quantitative estimate of drug-likeness (QED) is 0.425. The molecule has 0 radical (unpaired) electrons. The van der Waals surface area contributed by atoms with Crippen molar-refractivity contribution >= 4 is 0 Å². The molecule has 0 aliphatic rings. The van der Waals surface area contributed by atoms with E-state index < -0.39 is 12.4 Å². The molecule has 0 saturated carbocycles. The molecular formula is C19H34O5. The van der Waals surface area contributed by atoms with E-state index in [-0.39, 0.29) is 12.7 Å². The molecule has 0 aromatic heterocycles. The largest absolute Gasteiger partial charge is 0.465 e. The van der Waals surface area contributed by atoms with Gasteiger partial charge in [0.1, 0.15) is 11.9 Å². The lowest BCUT2D eigenvalue weighted by atomic mass is 10.1. The molecule has 0 heterocycles. The second-order valence-electron chi connectivity index (χ2n) is 5.66. The van der Waals surface area contributed by atoms with E-state index in [2.05, 4.69) is 6.92 Å². The Kier molecular flexibility index (Phi) is 14.7. The van der Waals surface area contributed by atoms with Crippen LogP contribution in [0.15, 0.2) is 30.3 Å². The molecule has 5 nitrogen and oxygen atoms in total. The van der Waals surface area contributed by atoms with Gasteiger partial charge in [-0.15, -0.1) is 0 Å². The minimum absolute atomic E-state index is 0.207. The van der Waals surface area contributed by atoms with Gasteiger partial charge in [0.25, 0.3) is 0 Å². The van der Waals surface area contributed by atoms with Crippen LogP contribution in [0.2, 0.25) is 0 Å². The summed E-state index contributed by atoms with van der Waals surface area (Å²) in [6.07, 6.45) is 3.76. The zero-order chi connectivity index (χ0) is 18.2. The molecule has 24 heavy (non-hydrogen) atoms. The standard InChI is InChI=1S/C11H24O3.C8H10O2/c1-3-5-6-7-8-14-11(4-2)10(13)9-12;1-7(9)10-8-5-3-2-4-6-8/h10-13H,3-9H2,1-2H3;2-7,9H,1H3. The molecule has 1 aromatic rings. The van der Waals surface area contributed by atoms with Gasteiger partial charge in [0.2, 0.25) is 0 Å². The summed E-state index contributed by atoms with van der Waals surface area (Å²) in [5.41, 5.74) is 0. The van der Waals surface area contributed by atoms with Gasteiger partial charge in [0.15, 0.2) is 6.29 Å². The van der Waals surface area contributed by atoms with Crippen molar-refractivity contribution in [2.75, 3.05) is 13.2 Å². The molecule has 5 heteroatoms. The summed E-state index contributed by atoms with van der Waals surface area (Å²) < 4.78 is 10.5. The maximum atomic E-state index is 9.35. The average Bonchev–Trinajstić information content (AvgIpc) is 2.58. The van der Waals surface area contributed by atoms with Crippen LogP contribution in [0.25, 0.3) is 0 Å². The number of hydrogen-bond donors (Lipinski definition) is 3. The molecule has 0 aliphatic heterocycles. The van der Waals surface area contributed by atoms with Crippen LogP contribution in [-0.4, -0.2) is 47.0 Å². The average molecular weight is 342 g/mol. The molecule has 0 saturated heterocycles. The second-order valence-corrected chi connectivity index (χ2v) is 5.66. The Morgan fingerprint density at radius 3 is 2.17 bits per heavy atom. The predicted molar refractivity (Wildman–Crippen MR) is 96.0 cm³/mol. The highest BCUT2D eigenvalue weighted by Crippen LogP contribution is 2.09. The van der Waals surface area contributed by atoms with E-state index >= 15 is 0 Å². The summed E-state index contributed by atoms with van der Waals surface area (Å²) >= 11 is 0. The molecule has 1 aromatic carbocycles. The first kappa shape index (κ1) is 22.9. The van der Waals surface area contributed by atoms with Crippen LogP contribution in [0, 0.1) is 0 Å². The van der Waals surface area contributed by atoms with E-state index in [0.717, 1.165) is 12.8 Å². The van der Waals surface area contributed by atoms with Crippen LogP contribution >= 0.6 is 0 Å². The first-order valence-corrected chi connectivity index (χ1v) is 8.85. The SMILES string of the molecule is CC(O)Oc1ccccc1.CCCCCCOC(CC)C(O)CO. The predicted octanol–water partition coefficient (Wildman–Crippen LogP) is 3.12. The highest BCUT2D eigenvalue weighted by atomic mass is 16.6. The summed E-state index contributed by atoms with van der Waals surface area (Å²) in [5, 5.41) is 26.9. The lowest BCUT2D eigenvalue weighted by Gasteiger charge is -2.20. The number of aliphatic hydroxyl groups is 3. The molecule has 3 N–H and O–H groups in total. The van der Waals surface area contributed by atoms with E-state index in [1.807, 2.05) is 25.1 Å². The van der Waals surface area contributed by atoms with E-state index in [0.29, 0.717) is 12.4 Å². The summed E-state index contributed by atoms with van der Waals surface area (Å²) in [7, 11) is 0. The van der Waals surface area contributed by atoms with Crippen LogP contribution in [0.1, 0.15) is 52.9 Å². The maximum absolute atomic E-state index is 9.35. The summed E-state index contributed by atoms with van der Waals surface area (Å²) in [6.45, 7) is 6.18. The van der Waals surface area contributed by atoms with Crippen LogP contribution in [0.5, 0.6) is 5.75 Å². The molecule has 0 aliphatic carbocycles. The van der Waals surface area contributed by atoms with Crippen molar-refractivity contribution in [2.45, 2.75) is 71.4 Å².